The quantitative estimate of drug-likeness (QED) is 0.823. The SMILES string of the molecule is CCNc1cc(C(=O)NCc2cc(C)c(C)s2)cc(Cl)n1. The third-order valence-electron chi connectivity index (χ3n) is 3.05. The lowest BCUT2D eigenvalue weighted by Gasteiger charge is -2.07. The first-order chi connectivity index (χ1) is 9.99. The van der Waals surface area contributed by atoms with Gasteiger partial charge in [0, 0.05) is 21.9 Å². The van der Waals surface area contributed by atoms with Gasteiger partial charge < -0.3 is 10.6 Å². The summed E-state index contributed by atoms with van der Waals surface area (Å²) in [7, 11) is 0. The Bertz CT molecular complexity index is 635. The van der Waals surface area contributed by atoms with Crippen molar-refractivity contribution >= 4 is 34.7 Å². The Labute approximate surface area is 133 Å². The molecule has 0 aliphatic heterocycles. The normalized spacial score (nSPS) is 10.5. The van der Waals surface area contributed by atoms with Crippen LogP contribution in [0.3, 0.4) is 0 Å². The van der Waals surface area contributed by atoms with E-state index in [1.54, 1.807) is 23.5 Å². The number of nitrogens with zero attached hydrogens (tertiary/aromatic N) is 1. The molecule has 21 heavy (non-hydrogen) atoms. The number of amides is 1. The van der Waals surface area contributed by atoms with Crippen molar-refractivity contribution in [3.05, 3.63) is 44.2 Å². The van der Waals surface area contributed by atoms with Crippen LogP contribution in [0.5, 0.6) is 0 Å². The van der Waals surface area contributed by atoms with Crippen LogP contribution in [0, 0.1) is 13.8 Å². The van der Waals surface area contributed by atoms with E-state index < -0.39 is 0 Å². The van der Waals surface area contributed by atoms with Crippen molar-refractivity contribution in [1.82, 2.24) is 10.3 Å². The molecule has 0 aliphatic carbocycles. The van der Waals surface area contributed by atoms with Crippen LogP contribution in [0.15, 0.2) is 18.2 Å². The van der Waals surface area contributed by atoms with E-state index in [0.717, 1.165) is 11.4 Å². The second kappa shape index (κ2) is 6.91. The van der Waals surface area contributed by atoms with Gasteiger partial charge in [0.15, 0.2) is 0 Å². The van der Waals surface area contributed by atoms with E-state index in [9.17, 15) is 4.79 Å². The molecule has 0 aromatic carbocycles. The van der Waals surface area contributed by atoms with Crippen LogP contribution >= 0.6 is 22.9 Å². The number of aromatic nitrogens is 1. The number of anilines is 1. The molecule has 0 bridgehead atoms. The fraction of sp³-hybridized carbons (Fsp3) is 0.333. The lowest BCUT2D eigenvalue weighted by atomic mass is 10.2. The van der Waals surface area contributed by atoms with E-state index in [1.807, 2.05) is 6.92 Å². The Morgan fingerprint density at radius 2 is 2.10 bits per heavy atom. The number of hydrogen-bond donors (Lipinski definition) is 2. The van der Waals surface area contributed by atoms with E-state index in [-0.39, 0.29) is 5.91 Å². The number of rotatable bonds is 5. The Morgan fingerprint density at radius 3 is 2.71 bits per heavy atom. The second-order valence-electron chi connectivity index (χ2n) is 4.73. The predicted octanol–water partition coefficient (Wildman–Crippen LogP) is 3.78. The second-order valence-corrected chi connectivity index (χ2v) is 6.46. The fourth-order valence-corrected chi connectivity index (χ4v) is 3.11. The molecular weight excluding hydrogens is 306 g/mol. The summed E-state index contributed by atoms with van der Waals surface area (Å²) in [5.74, 6) is 0.458. The van der Waals surface area contributed by atoms with Crippen LogP contribution < -0.4 is 10.6 Å². The predicted molar refractivity (Wildman–Crippen MR) is 88.4 cm³/mol. The highest BCUT2D eigenvalue weighted by Gasteiger charge is 2.10. The molecule has 2 rings (SSSR count). The minimum atomic E-state index is -0.151. The minimum absolute atomic E-state index is 0.151. The Balaban J connectivity index is 2.06. The van der Waals surface area contributed by atoms with Crippen LogP contribution in [0.1, 0.15) is 32.6 Å². The maximum Gasteiger partial charge on any atom is 0.251 e. The maximum atomic E-state index is 12.2. The molecule has 0 saturated carbocycles. The Kier molecular flexibility index (Phi) is 5.20. The summed E-state index contributed by atoms with van der Waals surface area (Å²) < 4.78 is 0. The van der Waals surface area contributed by atoms with Crippen molar-refractivity contribution in [2.75, 3.05) is 11.9 Å². The summed E-state index contributed by atoms with van der Waals surface area (Å²) in [6.45, 7) is 7.36. The molecule has 0 aliphatic rings. The van der Waals surface area contributed by atoms with Crippen LogP contribution in [-0.2, 0) is 6.54 Å². The van der Waals surface area contributed by atoms with E-state index in [0.29, 0.717) is 23.1 Å². The summed E-state index contributed by atoms with van der Waals surface area (Å²) >= 11 is 7.64. The summed E-state index contributed by atoms with van der Waals surface area (Å²) in [6, 6.07) is 5.38. The molecule has 4 nitrogen and oxygen atoms in total. The zero-order valence-corrected chi connectivity index (χ0v) is 13.9. The number of carbonyl (C=O) groups excluding carboxylic acids is 1. The molecule has 0 spiro atoms. The van der Waals surface area contributed by atoms with Gasteiger partial charge in [0.1, 0.15) is 11.0 Å². The highest BCUT2D eigenvalue weighted by molar-refractivity contribution is 7.12. The Morgan fingerprint density at radius 1 is 1.33 bits per heavy atom. The van der Waals surface area contributed by atoms with Crippen molar-refractivity contribution in [2.24, 2.45) is 0 Å². The first-order valence-corrected chi connectivity index (χ1v) is 7.94. The zero-order chi connectivity index (χ0) is 15.4. The molecule has 0 saturated heterocycles. The van der Waals surface area contributed by atoms with Gasteiger partial charge in [-0.25, -0.2) is 4.98 Å². The third-order valence-corrected chi connectivity index (χ3v) is 4.40. The van der Waals surface area contributed by atoms with Crippen LogP contribution in [0.4, 0.5) is 5.82 Å². The van der Waals surface area contributed by atoms with Gasteiger partial charge in [0.05, 0.1) is 6.54 Å². The average molecular weight is 324 g/mol. The molecule has 2 N–H and O–H groups in total. The maximum absolute atomic E-state index is 12.2. The van der Waals surface area contributed by atoms with E-state index in [2.05, 4.69) is 35.5 Å². The van der Waals surface area contributed by atoms with Crippen LogP contribution in [0.2, 0.25) is 5.15 Å². The number of carbonyl (C=O) groups is 1. The van der Waals surface area contributed by atoms with Gasteiger partial charge in [-0.15, -0.1) is 11.3 Å². The molecule has 0 radical (unpaired) electrons. The van der Waals surface area contributed by atoms with Gasteiger partial charge in [-0.2, -0.15) is 0 Å². The minimum Gasteiger partial charge on any atom is -0.370 e. The lowest BCUT2D eigenvalue weighted by molar-refractivity contribution is 0.0951. The molecule has 0 fully saturated rings. The van der Waals surface area contributed by atoms with Gasteiger partial charge in [0.25, 0.3) is 5.91 Å². The molecule has 112 valence electrons. The van der Waals surface area contributed by atoms with Crippen LogP contribution in [0.25, 0.3) is 0 Å². The van der Waals surface area contributed by atoms with Crippen LogP contribution in [-0.4, -0.2) is 17.4 Å². The number of pyridine rings is 1. The van der Waals surface area contributed by atoms with Gasteiger partial charge in [-0.05, 0) is 44.5 Å². The van der Waals surface area contributed by atoms with E-state index >= 15 is 0 Å². The van der Waals surface area contributed by atoms with Crippen molar-refractivity contribution < 1.29 is 4.79 Å². The Hall–Kier alpha value is -1.59. The summed E-state index contributed by atoms with van der Waals surface area (Å²) in [5.41, 5.74) is 1.77. The lowest BCUT2D eigenvalue weighted by Crippen LogP contribution is -2.22. The van der Waals surface area contributed by atoms with Gasteiger partial charge in [-0.3, -0.25) is 4.79 Å². The number of thiophene rings is 1. The molecule has 0 atom stereocenters. The highest BCUT2D eigenvalue weighted by atomic mass is 35.5. The molecule has 2 aromatic rings. The average Bonchev–Trinajstić information content (AvgIpc) is 2.75. The standard InChI is InChI=1S/C15H18ClN3OS/c1-4-17-14-7-11(6-13(16)19-14)15(20)18-8-12-5-9(2)10(3)21-12/h5-7H,4,8H2,1-3H3,(H,17,19)(H,18,20). The van der Waals surface area contributed by atoms with Crippen molar-refractivity contribution in [1.29, 1.82) is 0 Å². The molecule has 0 unspecified atom stereocenters. The highest BCUT2D eigenvalue weighted by Crippen LogP contribution is 2.20. The molecular formula is C15H18ClN3OS. The smallest absolute Gasteiger partial charge is 0.251 e. The zero-order valence-electron chi connectivity index (χ0n) is 12.3. The van der Waals surface area contributed by atoms with E-state index in [1.165, 1.54) is 10.4 Å². The number of nitrogens with one attached hydrogen (secondary N) is 2. The van der Waals surface area contributed by atoms with Crippen molar-refractivity contribution in [3.63, 3.8) is 0 Å². The third kappa shape index (κ3) is 4.19. The number of aryl methyl sites for hydroxylation is 2. The number of hydrogen-bond acceptors (Lipinski definition) is 4. The fourth-order valence-electron chi connectivity index (χ4n) is 1.91. The summed E-state index contributed by atoms with van der Waals surface area (Å²) in [6.07, 6.45) is 0. The molecule has 6 heteroatoms. The van der Waals surface area contributed by atoms with E-state index in [4.69, 9.17) is 11.6 Å². The summed E-state index contributed by atoms with van der Waals surface area (Å²) in [4.78, 5) is 18.7. The number of halogens is 1. The van der Waals surface area contributed by atoms with Gasteiger partial charge >= 0.3 is 0 Å². The first kappa shape index (κ1) is 15.8. The molecule has 1 amide bonds. The molecule has 2 aromatic heterocycles. The monoisotopic (exact) mass is 323 g/mol. The van der Waals surface area contributed by atoms with Gasteiger partial charge in [0.2, 0.25) is 0 Å². The first-order valence-electron chi connectivity index (χ1n) is 6.75. The van der Waals surface area contributed by atoms with Gasteiger partial charge in [-0.1, -0.05) is 11.6 Å². The summed E-state index contributed by atoms with van der Waals surface area (Å²) in [5, 5.41) is 6.27. The largest absolute Gasteiger partial charge is 0.370 e. The van der Waals surface area contributed by atoms with Crippen molar-refractivity contribution in [2.45, 2.75) is 27.3 Å². The van der Waals surface area contributed by atoms with Crippen molar-refractivity contribution in [3.8, 4) is 0 Å². The topological polar surface area (TPSA) is 54.0 Å². The molecule has 2 heterocycles.